The van der Waals surface area contributed by atoms with Crippen LogP contribution in [-0.4, -0.2) is 12.1 Å². The van der Waals surface area contributed by atoms with Gasteiger partial charge in [-0.05, 0) is 32.9 Å². The van der Waals surface area contributed by atoms with Crippen molar-refractivity contribution in [2.75, 3.05) is 12.4 Å². The van der Waals surface area contributed by atoms with Crippen molar-refractivity contribution < 1.29 is 4.74 Å². The normalized spacial score (nSPS) is 12.3. The van der Waals surface area contributed by atoms with E-state index in [0.29, 0.717) is 5.02 Å². The Hall–Kier alpha value is -1.26. The SMILES string of the molecule is COc1ccc(Cl)c(NC(C)c2nc(C)sc2C)c1. The van der Waals surface area contributed by atoms with E-state index in [1.807, 2.05) is 25.1 Å². The van der Waals surface area contributed by atoms with Crippen molar-refractivity contribution in [2.45, 2.75) is 26.8 Å². The Bertz CT molecular complexity index is 583. The lowest BCUT2D eigenvalue weighted by Crippen LogP contribution is -2.08. The highest BCUT2D eigenvalue weighted by molar-refractivity contribution is 7.11. The first-order valence-corrected chi connectivity index (χ1v) is 7.24. The molecule has 0 amide bonds. The van der Waals surface area contributed by atoms with Gasteiger partial charge in [-0.3, -0.25) is 0 Å². The number of ether oxygens (including phenoxy) is 1. The summed E-state index contributed by atoms with van der Waals surface area (Å²) in [6.07, 6.45) is 0. The maximum Gasteiger partial charge on any atom is 0.121 e. The summed E-state index contributed by atoms with van der Waals surface area (Å²) in [5, 5.41) is 5.15. The second-order valence-electron chi connectivity index (χ2n) is 4.39. The van der Waals surface area contributed by atoms with Crippen molar-refractivity contribution >= 4 is 28.6 Å². The van der Waals surface area contributed by atoms with E-state index in [0.717, 1.165) is 22.1 Å². The van der Waals surface area contributed by atoms with Crippen molar-refractivity contribution in [3.8, 4) is 5.75 Å². The molecule has 2 rings (SSSR count). The van der Waals surface area contributed by atoms with Crippen LogP contribution in [0.25, 0.3) is 0 Å². The van der Waals surface area contributed by atoms with Gasteiger partial charge in [-0.25, -0.2) is 4.98 Å². The highest BCUT2D eigenvalue weighted by atomic mass is 35.5. The number of hydrogen-bond donors (Lipinski definition) is 1. The predicted octanol–water partition coefficient (Wildman–Crippen LogP) is 4.60. The van der Waals surface area contributed by atoms with Crippen LogP contribution in [0.5, 0.6) is 5.75 Å². The molecule has 1 aromatic heterocycles. The number of thiazole rings is 1. The first-order valence-electron chi connectivity index (χ1n) is 6.05. The first-order chi connectivity index (χ1) is 9.01. The molecule has 5 heteroatoms. The molecular formula is C14H17ClN2OS. The van der Waals surface area contributed by atoms with Gasteiger partial charge < -0.3 is 10.1 Å². The molecule has 1 atom stereocenters. The Labute approximate surface area is 122 Å². The van der Waals surface area contributed by atoms with Crippen molar-refractivity contribution in [1.29, 1.82) is 0 Å². The maximum atomic E-state index is 6.19. The molecule has 0 bridgehead atoms. The number of aryl methyl sites for hydroxylation is 2. The zero-order chi connectivity index (χ0) is 14.0. The molecule has 1 heterocycles. The number of nitrogens with zero attached hydrogens (tertiary/aromatic N) is 1. The second kappa shape index (κ2) is 5.80. The average Bonchev–Trinajstić information content (AvgIpc) is 2.71. The third-order valence-corrected chi connectivity index (χ3v) is 4.13. The fourth-order valence-electron chi connectivity index (χ4n) is 1.99. The van der Waals surface area contributed by atoms with E-state index >= 15 is 0 Å². The monoisotopic (exact) mass is 296 g/mol. The van der Waals surface area contributed by atoms with Crippen molar-refractivity contribution in [2.24, 2.45) is 0 Å². The molecule has 1 N–H and O–H groups in total. The van der Waals surface area contributed by atoms with E-state index in [9.17, 15) is 0 Å². The first kappa shape index (κ1) is 14.2. The zero-order valence-corrected chi connectivity index (χ0v) is 13.0. The van der Waals surface area contributed by atoms with Crippen molar-refractivity contribution in [3.05, 3.63) is 38.8 Å². The van der Waals surface area contributed by atoms with Gasteiger partial charge in [-0.2, -0.15) is 0 Å². The van der Waals surface area contributed by atoms with Crippen LogP contribution in [0.4, 0.5) is 5.69 Å². The number of halogens is 1. The lowest BCUT2D eigenvalue weighted by Gasteiger charge is -2.16. The number of anilines is 1. The van der Waals surface area contributed by atoms with Gasteiger partial charge in [0.25, 0.3) is 0 Å². The molecule has 0 spiro atoms. The predicted molar refractivity (Wildman–Crippen MR) is 81.6 cm³/mol. The highest BCUT2D eigenvalue weighted by Crippen LogP contribution is 2.31. The Kier molecular flexibility index (Phi) is 4.32. The van der Waals surface area contributed by atoms with Crippen LogP contribution >= 0.6 is 22.9 Å². The zero-order valence-electron chi connectivity index (χ0n) is 11.5. The largest absolute Gasteiger partial charge is 0.497 e. The summed E-state index contributed by atoms with van der Waals surface area (Å²) in [4.78, 5) is 5.79. The fourth-order valence-corrected chi connectivity index (χ4v) is 3.08. The van der Waals surface area contributed by atoms with E-state index < -0.39 is 0 Å². The van der Waals surface area contributed by atoms with E-state index in [4.69, 9.17) is 16.3 Å². The molecule has 102 valence electrons. The maximum absolute atomic E-state index is 6.19. The molecule has 0 radical (unpaired) electrons. The van der Waals surface area contributed by atoms with Gasteiger partial charge >= 0.3 is 0 Å². The lowest BCUT2D eigenvalue weighted by atomic mass is 10.2. The molecule has 3 nitrogen and oxygen atoms in total. The summed E-state index contributed by atoms with van der Waals surface area (Å²) in [5.74, 6) is 0.783. The van der Waals surface area contributed by atoms with E-state index in [1.165, 1.54) is 4.88 Å². The van der Waals surface area contributed by atoms with Gasteiger partial charge in [0.15, 0.2) is 0 Å². The molecule has 1 aromatic carbocycles. The van der Waals surface area contributed by atoms with E-state index in [2.05, 4.69) is 24.1 Å². The third kappa shape index (κ3) is 3.19. The third-order valence-electron chi connectivity index (χ3n) is 2.90. The Morgan fingerprint density at radius 3 is 2.68 bits per heavy atom. The van der Waals surface area contributed by atoms with Gasteiger partial charge in [0.05, 0.1) is 34.6 Å². The van der Waals surface area contributed by atoms with Gasteiger partial charge in [-0.1, -0.05) is 11.6 Å². The molecule has 1 unspecified atom stereocenters. The summed E-state index contributed by atoms with van der Waals surface area (Å²) in [7, 11) is 1.64. The number of benzene rings is 1. The van der Waals surface area contributed by atoms with Crippen molar-refractivity contribution in [3.63, 3.8) is 0 Å². The molecule has 2 aromatic rings. The molecule has 19 heavy (non-hydrogen) atoms. The fraction of sp³-hybridized carbons (Fsp3) is 0.357. The Morgan fingerprint density at radius 1 is 1.37 bits per heavy atom. The Morgan fingerprint density at radius 2 is 2.11 bits per heavy atom. The minimum atomic E-state index is 0.106. The Balaban J connectivity index is 2.23. The molecule has 0 saturated heterocycles. The quantitative estimate of drug-likeness (QED) is 0.895. The van der Waals surface area contributed by atoms with E-state index in [-0.39, 0.29) is 6.04 Å². The van der Waals surface area contributed by atoms with Crippen LogP contribution in [0.1, 0.15) is 28.5 Å². The summed E-state index contributed by atoms with van der Waals surface area (Å²) >= 11 is 7.91. The number of nitrogens with one attached hydrogen (secondary N) is 1. The lowest BCUT2D eigenvalue weighted by molar-refractivity contribution is 0.415. The molecule has 0 aliphatic rings. The minimum absolute atomic E-state index is 0.106. The standard InChI is InChI=1S/C14H17ClN2OS/c1-8(14-9(2)19-10(3)17-14)16-13-7-11(18-4)5-6-12(13)15/h5-8,16H,1-4H3. The smallest absolute Gasteiger partial charge is 0.121 e. The van der Waals surface area contributed by atoms with Crippen LogP contribution in [0, 0.1) is 13.8 Å². The summed E-state index contributed by atoms with van der Waals surface area (Å²) in [5.41, 5.74) is 1.93. The minimum Gasteiger partial charge on any atom is -0.497 e. The van der Waals surface area contributed by atoms with Gasteiger partial charge in [0, 0.05) is 10.9 Å². The highest BCUT2D eigenvalue weighted by Gasteiger charge is 2.14. The number of methoxy groups -OCH3 is 1. The topological polar surface area (TPSA) is 34.1 Å². The van der Waals surface area contributed by atoms with Gasteiger partial charge in [0.1, 0.15) is 5.75 Å². The van der Waals surface area contributed by atoms with Crippen LogP contribution < -0.4 is 10.1 Å². The molecule has 0 saturated carbocycles. The van der Waals surface area contributed by atoms with Crippen LogP contribution in [0.2, 0.25) is 5.02 Å². The number of hydrogen-bond acceptors (Lipinski definition) is 4. The molecule has 0 aliphatic carbocycles. The van der Waals surface area contributed by atoms with Gasteiger partial charge in [-0.15, -0.1) is 11.3 Å². The summed E-state index contributed by atoms with van der Waals surface area (Å²) < 4.78 is 5.21. The molecule has 0 fully saturated rings. The van der Waals surface area contributed by atoms with Crippen LogP contribution in [0.15, 0.2) is 18.2 Å². The summed E-state index contributed by atoms with van der Waals surface area (Å²) in [6.45, 7) is 6.19. The van der Waals surface area contributed by atoms with Gasteiger partial charge in [0.2, 0.25) is 0 Å². The van der Waals surface area contributed by atoms with Crippen LogP contribution in [0.3, 0.4) is 0 Å². The summed E-state index contributed by atoms with van der Waals surface area (Å²) in [6, 6.07) is 5.67. The molecule has 0 aliphatic heterocycles. The molecular weight excluding hydrogens is 280 g/mol. The average molecular weight is 297 g/mol. The number of aromatic nitrogens is 1. The van der Waals surface area contributed by atoms with E-state index in [1.54, 1.807) is 18.4 Å². The van der Waals surface area contributed by atoms with Crippen molar-refractivity contribution in [1.82, 2.24) is 4.98 Å². The van der Waals surface area contributed by atoms with Crippen LogP contribution in [-0.2, 0) is 0 Å². The second-order valence-corrected chi connectivity index (χ2v) is 6.20. The number of rotatable bonds is 4.